The highest BCUT2D eigenvalue weighted by molar-refractivity contribution is 6.35. The number of carbonyl (C=O) groups excluding carboxylic acids is 1. The van der Waals surface area contributed by atoms with Crippen LogP contribution in [0.3, 0.4) is 0 Å². The molecular formula is C22H23ClFN3O4. The molecule has 3 rings (SSSR count). The van der Waals surface area contributed by atoms with E-state index >= 15 is 0 Å². The fourth-order valence-electron chi connectivity index (χ4n) is 3.09. The summed E-state index contributed by atoms with van der Waals surface area (Å²) in [4.78, 5) is 30.3. The Kier molecular flexibility index (Phi) is 6.22. The molecule has 1 atom stereocenters. The van der Waals surface area contributed by atoms with E-state index in [2.05, 4.69) is 10.3 Å². The Hall–Kier alpha value is -3.13. The Bertz CT molecular complexity index is 1200. The number of amides is 1. The number of methoxy groups -OCH3 is 1. The van der Waals surface area contributed by atoms with Crippen molar-refractivity contribution in [3.05, 3.63) is 63.4 Å². The van der Waals surface area contributed by atoms with Gasteiger partial charge >= 0.3 is 6.09 Å². The van der Waals surface area contributed by atoms with E-state index in [-0.39, 0.29) is 27.7 Å². The molecule has 0 bridgehead atoms. The summed E-state index contributed by atoms with van der Waals surface area (Å²) in [7, 11) is 1.39. The predicted molar refractivity (Wildman–Crippen MR) is 117 cm³/mol. The number of nitrogens with zero attached hydrogens (tertiary/aromatic N) is 2. The molecular weight excluding hydrogens is 425 g/mol. The van der Waals surface area contributed by atoms with Crippen molar-refractivity contribution in [2.45, 2.75) is 39.3 Å². The highest BCUT2D eigenvalue weighted by atomic mass is 35.5. The van der Waals surface area contributed by atoms with Crippen LogP contribution < -0.4 is 15.6 Å². The van der Waals surface area contributed by atoms with Crippen molar-refractivity contribution in [1.82, 2.24) is 14.9 Å². The normalized spacial score (nSPS) is 12.5. The molecule has 31 heavy (non-hydrogen) atoms. The van der Waals surface area contributed by atoms with Crippen LogP contribution in [0.5, 0.6) is 5.75 Å². The average Bonchev–Trinajstić information content (AvgIpc) is 2.65. The first-order valence-electron chi connectivity index (χ1n) is 9.56. The minimum Gasteiger partial charge on any atom is -0.497 e. The van der Waals surface area contributed by atoms with Crippen molar-refractivity contribution in [2.24, 2.45) is 0 Å². The van der Waals surface area contributed by atoms with Gasteiger partial charge in [0.15, 0.2) is 0 Å². The van der Waals surface area contributed by atoms with Gasteiger partial charge in [-0.05, 0) is 45.9 Å². The van der Waals surface area contributed by atoms with Gasteiger partial charge in [-0.3, -0.25) is 9.36 Å². The van der Waals surface area contributed by atoms with E-state index in [1.165, 1.54) is 29.9 Å². The van der Waals surface area contributed by atoms with Gasteiger partial charge in [0, 0.05) is 12.1 Å². The molecule has 0 saturated heterocycles. The molecule has 1 amide bonds. The smallest absolute Gasteiger partial charge is 0.408 e. The molecule has 0 fully saturated rings. The van der Waals surface area contributed by atoms with Crippen LogP contribution in [0.15, 0.2) is 41.2 Å². The van der Waals surface area contributed by atoms with Gasteiger partial charge in [0.1, 0.15) is 23.0 Å². The number of fused-ring (bicyclic) bond motifs is 1. The Morgan fingerprint density at radius 3 is 2.61 bits per heavy atom. The summed E-state index contributed by atoms with van der Waals surface area (Å²) < 4.78 is 25.9. The molecule has 0 radical (unpaired) electrons. The van der Waals surface area contributed by atoms with Crippen LogP contribution in [0.1, 0.15) is 39.6 Å². The number of aromatic nitrogens is 2. The summed E-state index contributed by atoms with van der Waals surface area (Å²) in [6.45, 7) is 6.86. The second-order valence-corrected chi connectivity index (χ2v) is 8.37. The predicted octanol–water partition coefficient (Wildman–Crippen LogP) is 4.77. The van der Waals surface area contributed by atoms with E-state index in [1.54, 1.807) is 45.9 Å². The van der Waals surface area contributed by atoms with Crippen molar-refractivity contribution < 1.29 is 18.7 Å². The number of halogens is 2. The molecule has 0 saturated carbocycles. The molecule has 1 N–H and O–H groups in total. The van der Waals surface area contributed by atoms with Gasteiger partial charge in [0.25, 0.3) is 5.56 Å². The number of benzene rings is 2. The average molecular weight is 448 g/mol. The van der Waals surface area contributed by atoms with Crippen LogP contribution in [0.25, 0.3) is 16.6 Å². The van der Waals surface area contributed by atoms with Crippen molar-refractivity contribution >= 4 is 28.6 Å². The minimum atomic E-state index is -0.750. The third kappa shape index (κ3) is 4.96. The first-order chi connectivity index (χ1) is 14.5. The van der Waals surface area contributed by atoms with Crippen LogP contribution in [0.2, 0.25) is 5.02 Å². The van der Waals surface area contributed by atoms with Gasteiger partial charge in [-0.25, -0.2) is 14.2 Å². The molecule has 2 aromatic carbocycles. The lowest BCUT2D eigenvalue weighted by Gasteiger charge is -2.23. The van der Waals surface area contributed by atoms with Crippen molar-refractivity contribution in [2.75, 3.05) is 7.11 Å². The summed E-state index contributed by atoms with van der Waals surface area (Å²) in [5.74, 6) is -0.197. The molecule has 1 aromatic heterocycles. The van der Waals surface area contributed by atoms with Crippen LogP contribution in [-0.4, -0.2) is 28.4 Å². The third-order valence-electron chi connectivity index (χ3n) is 4.34. The SMILES string of the molecule is COc1cc(F)cc(-n2c([C@H](C)NC(=O)OC(C)(C)C)nc3cccc(Cl)c3c2=O)c1. The molecule has 7 nitrogen and oxygen atoms in total. The fraction of sp³-hybridized carbons (Fsp3) is 0.318. The van der Waals surface area contributed by atoms with Gasteiger partial charge in [-0.2, -0.15) is 0 Å². The zero-order valence-electron chi connectivity index (χ0n) is 17.8. The summed E-state index contributed by atoms with van der Waals surface area (Å²) in [6, 6.07) is 8.01. The summed E-state index contributed by atoms with van der Waals surface area (Å²) in [6.07, 6.45) is -0.677. The number of hydrogen-bond donors (Lipinski definition) is 1. The molecule has 1 heterocycles. The second-order valence-electron chi connectivity index (χ2n) is 7.96. The molecule has 0 aliphatic heterocycles. The van der Waals surface area contributed by atoms with Crippen LogP contribution in [-0.2, 0) is 4.74 Å². The lowest BCUT2D eigenvalue weighted by atomic mass is 10.2. The van der Waals surface area contributed by atoms with E-state index in [9.17, 15) is 14.0 Å². The summed E-state index contributed by atoms with van der Waals surface area (Å²) in [5, 5.41) is 3.07. The van der Waals surface area contributed by atoms with Gasteiger partial charge < -0.3 is 14.8 Å². The molecule has 0 unspecified atom stereocenters. The highest BCUT2D eigenvalue weighted by Gasteiger charge is 2.24. The quantitative estimate of drug-likeness (QED) is 0.622. The maximum absolute atomic E-state index is 14.2. The number of ether oxygens (including phenoxy) is 2. The zero-order valence-corrected chi connectivity index (χ0v) is 18.6. The molecule has 164 valence electrons. The Morgan fingerprint density at radius 2 is 1.97 bits per heavy atom. The lowest BCUT2D eigenvalue weighted by Crippen LogP contribution is -2.37. The van der Waals surface area contributed by atoms with Crippen molar-refractivity contribution in [3.63, 3.8) is 0 Å². The van der Waals surface area contributed by atoms with Crippen LogP contribution in [0, 0.1) is 5.82 Å². The molecule has 9 heteroatoms. The second kappa shape index (κ2) is 8.55. The van der Waals surface area contributed by atoms with E-state index in [4.69, 9.17) is 21.1 Å². The zero-order chi connectivity index (χ0) is 22.9. The number of rotatable bonds is 4. The standard InChI is InChI=1S/C22H23ClFN3O4/c1-12(25-21(29)31-22(2,3)4)19-26-17-8-6-7-16(23)18(17)20(28)27(19)14-9-13(24)10-15(11-14)30-5/h6-12H,1-5H3,(H,25,29)/t12-/m0/s1. The Labute approximate surface area is 183 Å². The first kappa shape index (κ1) is 22.6. The number of carbonyl (C=O) groups is 1. The lowest BCUT2D eigenvalue weighted by molar-refractivity contribution is 0.0505. The molecule has 0 aliphatic rings. The maximum atomic E-state index is 14.2. The third-order valence-corrected chi connectivity index (χ3v) is 4.66. The van der Waals surface area contributed by atoms with Crippen molar-refractivity contribution in [1.29, 1.82) is 0 Å². The summed E-state index contributed by atoms with van der Waals surface area (Å²) in [5.41, 5.74) is -0.672. The van der Waals surface area contributed by atoms with Gasteiger partial charge in [0.05, 0.1) is 34.8 Å². The first-order valence-corrected chi connectivity index (χ1v) is 9.93. The van der Waals surface area contributed by atoms with Gasteiger partial charge in [-0.1, -0.05) is 17.7 Å². The fourth-order valence-corrected chi connectivity index (χ4v) is 3.34. The number of hydrogen-bond acceptors (Lipinski definition) is 5. The van der Waals surface area contributed by atoms with Crippen LogP contribution >= 0.6 is 11.6 Å². The van der Waals surface area contributed by atoms with E-state index in [0.29, 0.717) is 5.52 Å². The van der Waals surface area contributed by atoms with Crippen molar-refractivity contribution in [3.8, 4) is 11.4 Å². The Morgan fingerprint density at radius 1 is 1.26 bits per heavy atom. The highest BCUT2D eigenvalue weighted by Crippen LogP contribution is 2.25. The maximum Gasteiger partial charge on any atom is 0.408 e. The number of alkyl carbamates (subject to hydrolysis) is 1. The minimum absolute atomic E-state index is 0.179. The molecule has 0 aliphatic carbocycles. The van der Waals surface area contributed by atoms with Crippen LogP contribution in [0.4, 0.5) is 9.18 Å². The summed E-state index contributed by atoms with van der Waals surface area (Å²) >= 11 is 6.26. The molecule has 3 aromatic rings. The Balaban J connectivity index is 2.23. The van der Waals surface area contributed by atoms with E-state index in [0.717, 1.165) is 0 Å². The van der Waals surface area contributed by atoms with E-state index in [1.807, 2.05) is 0 Å². The number of nitrogens with one attached hydrogen (secondary N) is 1. The van der Waals surface area contributed by atoms with Gasteiger partial charge in [0.2, 0.25) is 0 Å². The largest absolute Gasteiger partial charge is 0.497 e. The van der Waals surface area contributed by atoms with Gasteiger partial charge in [-0.15, -0.1) is 0 Å². The molecule has 0 spiro atoms. The topological polar surface area (TPSA) is 82.4 Å². The van der Waals surface area contributed by atoms with E-state index < -0.39 is 29.1 Å². The monoisotopic (exact) mass is 447 g/mol.